The fraction of sp³-hybridized carbons (Fsp3) is 0.688. The number of rotatable bonds is 8. The van der Waals surface area contributed by atoms with Gasteiger partial charge in [-0.1, -0.05) is 26.2 Å². The molecular formula is C16H26N2O3S2. The zero-order valence-corrected chi connectivity index (χ0v) is 15.5. The van der Waals surface area contributed by atoms with Gasteiger partial charge in [-0.2, -0.15) is 4.31 Å². The lowest BCUT2D eigenvalue weighted by atomic mass is 10.1. The van der Waals surface area contributed by atoms with E-state index >= 15 is 0 Å². The molecule has 1 atom stereocenters. The van der Waals surface area contributed by atoms with Crippen molar-refractivity contribution in [2.45, 2.75) is 63.3 Å². The zero-order valence-electron chi connectivity index (χ0n) is 13.9. The lowest BCUT2D eigenvalue weighted by Crippen LogP contribution is -2.34. The van der Waals surface area contributed by atoms with Gasteiger partial charge < -0.3 is 5.32 Å². The largest absolute Gasteiger partial charge is 0.349 e. The van der Waals surface area contributed by atoms with Gasteiger partial charge in [0.15, 0.2) is 0 Å². The smallest absolute Gasteiger partial charge is 0.262 e. The number of thiophene rings is 1. The van der Waals surface area contributed by atoms with Gasteiger partial charge in [-0.25, -0.2) is 8.42 Å². The summed E-state index contributed by atoms with van der Waals surface area (Å²) in [5, 5.41) is 4.61. The van der Waals surface area contributed by atoms with Crippen LogP contribution in [0.25, 0.3) is 0 Å². The molecule has 2 rings (SSSR count). The SMILES string of the molecule is CCCCCC(C)NC(=O)c1sccc1S(=O)(=O)N1CCCC1. The Bertz CT molecular complexity index is 619. The van der Waals surface area contributed by atoms with Crippen LogP contribution in [-0.2, 0) is 10.0 Å². The first-order chi connectivity index (χ1) is 11.0. The topological polar surface area (TPSA) is 66.5 Å². The fourth-order valence-electron chi connectivity index (χ4n) is 2.80. The minimum absolute atomic E-state index is 0.0542. The number of hydrogen-bond donors (Lipinski definition) is 1. The number of hydrogen-bond acceptors (Lipinski definition) is 4. The van der Waals surface area contributed by atoms with Crippen LogP contribution in [0.15, 0.2) is 16.3 Å². The molecule has 1 N–H and O–H groups in total. The molecule has 0 aromatic carbocycles. The molecule has 1 saturated heterocycles. The first-order valence-electron chi connectivity index (χ1n) is 8.35. The summed E-state index contributed by atoms with van der Waals surface area (Å²) < 4.78 is 26.8. The molecule has 1 aromatic heterocycles. The van der Waals surface area contributed by atoms with E-state index in [1.807, 2.05) is 6.92 Å². The minimum atomic E-state index is -3.54. The van der Waals surface area contributed by atoms with Crippen molar-refractivity contribution >= 4 is 27.3 Å². The number of carbonyl (C=O) groups excluding carboxylic acids is 1. The predicted octanol–water partition coefficient (Wildman–Crippen LogP) is 3.23. The molecule has 0 saturated carbocycles. The zero-order chi connectivity index (χ0) is 16.9. The van der Waals surface area contributed by atoms with Gasteiger partial charge in [-0.3, -0.25) is 4.79 Å². The molecule has 2 heterocycles. The molecule has 7 heteroatoms. The summed E-state index contributed by atoms with van der Waals surface area (Å²) in [4.78, 5) is 12.9. The Morgan fingerprint density at radius 3 is 2.70 bits per heavy atom. The number of amides is 1. The summed E-state index contributed by atoms with van der Waals surface area (Å²) in [6, 6.07) is 1.60. The van der Waals surface area contributed by atoms with Gasteiger partial charge in [0.2, 0.25) is 10.0 Å². The van der Waals surface area contributed by atoms with E-state index in [2.05, 4.69) is 12.2 Å². The van der Waals surface area contributed by atoms with Crippen LogP contribution in [0.5, 0.6) is 0 Å². The highest BCUT2D eigenvalue weighted by atomic mass is 32.2. The number of unbranched alkanes of at least 4 members (excludes halogenated alkanes) is 2. The maximum Gasteiger partial charge on any atom is 0.262 e. The van der Waals surface area contributed by atoms with Crippen LogP contribution in [0.3, 0.4) is 0 Å². The van der Waals surface area contributed by atoms with Crippen molar-refractivity contribution in [3.8, 4) is 0 Å². The van der Waals surface area contributed by atoms with Crippen molar-refractivity contribution in [3.63, 3.8) is 0 Å². The molecule has 1 amide bonds. The van der Waals surface area contributed by atoms with Crippen LogP contribution in [0.1, 0.15) is 62.0 Å². The van der Waals surface area contributed by atoms with Crippen molar-refractivity contribution < 1.29 is 13.2 Å². The molecule has 23 heavy (non-hydrogen) atoms. The van der Waals surface area contributed by atoms with Crippen molar-refractivity contribution in [2.24, 2.45) is 0 Å². The molecule has 1 aromatic rings. The van der Waals surface area contributed by atoms with Gasteiger partial charge in [0.25, 0.3) is 5.91 Å². The first-order valence-corrected chi connectivity index (χ1v) is 10.7. The second-order valence-electron chi connectivity index (χ2n) is 6.10. The second kappa shape index (κ2) is 8.26. The third kappa shape index (κ3) is 4.55. The predicted molar refractivity (Wildman–Crippen MR) is 93.4 cm³/mol. The third-order valence-electron chi connectivity index (χ3n) is 4.14. The average Bonchev–Trinajstić information content (AvgIpc) is 3.19. The van der Waals surface area contributed by atoms with Crippen LogP contribution in [0, 0.1) is 0 Å². The second-order valence-corrected chi connectivity index (χ2v) is 8.92. The van der Waals surface area contributed by atoms with E-state index in [1.165, 1.54) is 15.6 Å². The van der Waals surface area contributed by atoms with Gasteiger partial charge in [-0.05, 0) is 37.6 Å². The molecule has 0 radical (unpaired) electrons. The molecular weight excluding hydrogens is 332 g/mol. The summed E-state index contributed by atoms with van der Waals surface area (Å²) in [6.07, 6.45) is 6.05. The molecule has 5 nitrogen and oxygen atoms in total. The normalized spacial score (nSPS) is 17.3. The highest BCUT2D eigenvalue weighted by Crippen LogP contribution is 2.27. The Labute approximate surface area is 143 Å². The number of nitrogens with zero attached hydrogens (tertiary/aromatic N) is 1. The summed E-state index contributed by atoms with van der Waals surface area (Å²) in [6.45, 7) is 5.21. The summed E-state index contributed by atoms with van der Waals surface area (Å²) in [5.41, 5.74) is 0. The van der Waals surface area contributed by atoms with Crippen LogP contribution in [0.4, 0.5) is 0 Å². The van der Waals surface area contributed by atoms with Crippen molar-refractivity contribution in [1.82, 2.24) is 9.62 Å². The first kappa shape index (κ1) is 18.4. The van der Waals surface area contributed by atoms with Crippen molar-refractivity contribution in [1.29, 1.82) is 0 Å². The maximum atomic E-state index is 12.7. The van der Waals surface area contributed by atoms with E-state index in [-0.39, 0.29) is 16.8 Å². The van der Waals surface area contributed by atoms with Gasteiger partial charge in [0.05, 0.1) is 0 Å². The Morgan fingerprint density at radius 1 is 1.35 bits per heavy atom. The van der Waals surface area contributed by atoms with Crippen LogP contribution in [0.2, 0.25) is 0 Å². The maximum absolute atomic E-state index is 12.7. The summed E-state index contributed by atoms with van der Waals surface area (Å²) in [7, 11) is -3.54. The summed E-state index contributed by atoms with van der Waals surface area (Å²) >= 11 is 1.20. The van der Waals surface area contributed by atoms with Gasteiger partial charge >= 0.3 is 0 Å². The molecule has 130 valence electrons. The van der Waals surface area contributed by atoms with E-state index in [0.717, 1.165) is 38.5 Å². The fourth-order valence-corrected chi connectivity index (χ4v) is 5.62. The number of sulfonamides is 1. The number of carbonyl (C=O) groups is 1. The molecule has 1 unspecified atom stereocenters. The van der Waals surface area contributed by atoms with Crippen LogP contribution in [-0.4, -0.2) is 37.8 Å². The quantitative estimate of drug-likeness (QED) is 0.726. The van der Waals surface area contributed by atoms with Crippen LogP contribution < -0.4 is 5.32 Å². The van der Waals surface area contributed by atoms with Crippen molar-refractivity contribution in [3.05, 3.63) is 16.3 Å². The molecule has 0 bridgehead atoms. The minimum Gasteiger partial charge on any atom is -0.349 e. The van der Waals surface area contributed by atoms with E-state index < -0.39 is 10.0 Å². The lowest BCUT2D eigenvalue weighted by molar-refractivity contribution is 0.0939. The van der Waals surface area contributed by atoms with Crippen molar-refractivity contribution in [2.75, 3.05) is 13.1 Å². The summed E-state index contributed by atoms with van der Waals surface area (Å²) in [5.74, 6) is -0.276. The third-order valence-corrected chi connectivity index (χ3v) is 7.12. The van der Waals surface area contributed by atoms with E-state index in [4.69, 9.17) is 0 Å². The highest BCUT2D eigenvalue weighted by molar-refractivity contribution is 7.89. The molecule has 1 fully saturated rings. The molecule has 1 aliphatic heterocycles. The standard InChI is InChI=1S/C16H26N2O3S2/c1-3-4-5-8-13(2)17-16(19)15-14(9-12-22-15)23(20,21)18-10-6-7-11-18/h9,12-13H,3-8,10-11H2,1-2H3,(H,17,19). The molecule has 0 spiro atoms. The molecule has 1 aliphatic rings. The highest BCUT2D eigenvalue weighted by Gasteiger charge is 2.31. The van der Waals surface area contributed by atoms with E-state index in [0.29, 0.717) is 18.0 Å². The monoisotopic (exact) mass is 358 g/mol. The Hall–Kier alpha value is -0.920. The van der Waals surface area contributed by atoms with Gasteiger partial charge in [0, 0.05) is 19.1 Å². The van der Waals surface area contributed by atoms with E-state index in [1.54, 1.807) is 11.4 Å². The lowest BCUT2D eigenvalue weighted by Gasteiger charge is -2.17. The Kier molecular flexibility index (Phi) is 6.61. The van der Waals surface area contributed by atoms with E-state index in [9.17, 15) is 13.2 Å². The number of nitrogens with one attached hydrogen (secondary N) is 1. The van der Waals surface area contributed by atoms with Gasteiger partial charge in [-0.15, -0.1) is 11.3 Å². The van der Waals surface area contributed by atoms with Gasteiger partial charge in [0.1, 0.15) is 9.77 Å². The van der Waals surface area contributed by atoms with Crippen LogP contribution >= 0.6 is 11.3 Å². The Morgan fingerprint density at radius 2 is 2.04 bits per heavy atom. The Balaban J connectivity index is 2.06. The molecule has 0 aliphatic carbocycles. The average molecular weight is 359 g/mol.